The number of benzene rings is 1. The number of aromatic nitrogens is 1. The van der Waals surface area contributed by atoms with E-state index in [0.29, 0.717) is 0 Å². The van der Waals surface area contributed by atoms with E-state index in [0.717, 1.165) is 6.54 Å². The lowest BCUT2D eigenvalue weighted by Crippen LogP contribution is -2.03. The Labute approximate surface area is 132 Å². The van der Waals surface area contributed by atoms with Crippen LogP contribution < -0.4 is 0 Å². The minimum Gasteiger partial charge on any atom is -0.342 e. The van der Waals surface area contributed by atoms with E-state index in [2.05, 4.69) is 48.7 Å². The first-order chi connectivity index (χ1) is 9.27. The van der Waals surface area contributed by atoms with E-state index in [1.807, 2.05) is 51.1 Å². The summed E-state index contributed by atoms with van der Waals surface area (Å²) in [6.07, 6.45) is 0. The molecule has 0 saturated carbocycles. The molecule has 1 aromatic heterocycles. The Bertz CT molecular complexity index is 549. The minimum absolute atomic E-state index is 0.967. The van der Waals surface area contributed by atoms with Crippen molar-refractivity contribution in [2.45, 2.75) is 30.2 Å². The van der Waals surface area contributed by atoms with E-state index in [1.165, 1.54) is 26.7 Å². The Morgan fingerprint density at radius 2 is 1.42 bits per heavy atom. The number of hydrogen-bond donors (Lipinski definition) is 0. The highest BCUT2D eigenvalue weighted by Crippen LogP contribution is 2.61. The molecule has 0 fully saturated rings. The van der Waals surface area contributed by atoms with Crippen LogP contribution in [0.3, 0.4) is 0 Å². The molecule has 2 heterocycles. The normalized spacial score (nSPS) is 15.1. The number of fused-ring (bicyclic) bond motifs is 1. The maximum absolute atomic E-state index is 2.44. The molecular formula is C13H13NS5. The molecule has 1 nitrogen and oxygen atoms in total. The van der Waals surface area contributed by atoms with Crippen molar-refractivity contribution in [2.24, 2.45) is 0 Å². The molecule has 2 aromatic rings. The quantitative estimate of drug-likeness (QED) is 0.595. The largest absolute Gasteiger partial charge is 0.342 e. The molecule has 19 heavy (non-hydrogen) atoms. The van der Waals surface area contributed by atoms with Gasteiger partial charge in [-0.2, -0.15) is 0 Å². The van der Waals surface area contributed by atoms with Gasteiger partial charge in [0.1, 0.15) is 0 Å². The van der Waals surface area contributed by atoms with Crippen molar-refractivity contribution in [3.63, 3.8) is 0 Å². The summed E-state index contributed by atoms with van der Waals surface area (Å²) in [6, 6.07) is 10.7. The second kappa shape index (κ2) is 6.35. The fraction of sp³-hybridized carbons (Fsp3) is 0.231. The molecule has 0 amide bonds. The molecule has 0 radical (unpaired) electrons. The summed E-state index contributed by atoms with van der Waals surface area (Å²) in [5, 5.41) is 0. The maximum Gasteiger partial charge on any atom is 0.0545 e. The van der Waals surface area contributed by atoms with Gasteiger partial charge in [0.2, 0.25) is 0 Å². The molecule has 0 saturated heterocycles. The molecule has 1 aliphatic heterocycles. The zero-order chi connectivity index (χ0) is 13.2. The predicted molar refractivity (Wildman–Crippen MR) is 93.9 cm³/mol. The van der Waals surface area contributed by atoms with Gasteiger partial charge in [0, 0.05) is 17.9 Å². The lowest BCUT2D eigenvalue weighted by Gasteiger charge is -2.10. The summed E-state index contributed by atoms with van der Waals surface area (Å²) in [7, 11) is 9.38. The molecule has 0 atom stereocenters. The predicted octanol–water partition coefficient (Wildman–Crippen LogP) is 6.21. The highest BCUT2D eigenvalue weighted by atomic mass is 33.8. The van der Waals surface area contributed by atoms with Crippen molar-refractivity contribution in [2.75, 3.05) is 0 Å². The van der Waals surface area contributed by atoms with E-state index in [1.54, 1.807) is 0 Å². The molecule has 3 rings (SSSR count). The minimum atomic E-state index is 0.967. The van der Waals surface area contributed by atoms with Crippen molar-refractivity contribution in [1.82, 2.24) is 4.57 Å². The van der Waals surface area contributed by atoms with Crippen LogP contribution >= 0.6 is 51.1 Å². The SMILES string of the molecule is Cc1c2c(c(C)n1Cc1ccccc1)SSSSS2. The molecule has 100 valence electrons. The van der Waals surface area contributed by atoms with Crippen LogP contribution in [-0.2, 0) is 6.54 Å². The molecule has 6 heteroatoms. The Hall–Kier alpha value is 0.250. The smallest absolute Gasteiger partial charge is 0.0545 e. The van der Waals surface area contributed by atoms with E-state index in [9.17, 15) is 0 Å². The highest BCUT2D eigenvalue weighted by Gasteiger charge is 2.21. The van der Waals surface area contributed by atoms with Crippen molar-refractivity contribution >= 4 is 51.1 Å². The topological polar surface area (TPSA) is 4.93 Å². The third kappa shape index (κ3) is 2.97. The maximum atomic E-state index is 2.44. The summed E-state index contributed by atoms with van der Waals surface area (Å²) in [6.45, 7) is 5.45. The Morgan fingerprint density at radius 3 is 2.00 bits per heavy atom. The standard InChI is InChI=1S/C13H13NS5/c1-9-12-13(16-18-19-17-15-12)10(2)14(9)8-11-6-4-3-5-7-11/h3-7H,8H2,1-2H3. The second-order valence-corrected chi connectivity index (χ2v) is 11.7. The summed E-state index contributed by atoms with van der Waals surface area (Å²) in [4.78, 5) is 2.89. The van der Waals surface area contributed by atoms with Crippen LogP contribution in [-0.4, -0.2) is 4.57 Å². The van der Waals surface area contributed by atoms with Crippen molar-refractivity contribution in [3.05, 3.63) is 47.3 Å². The molecule has 1 aliphatic rings. The summed E-state index contributed by atoms with van der Waals surface area (Å²) in [5.74, 6) is 0. The zero-order valence-corrected chi connectivity index (χ0v) is 14.7. The van der Waals surface area contributed by atoms with Crippen LogP contribution in [0.1, 0.15) is 17.0 Å². The summed E-state index contributed by atoms with van der Waals surface area (Å²) >= 11 is 0. The van der Waals surface area contributed by atoms with E-state index < -0.39 is 0 Å². The van der Waals surface area contributed by atoms with Gasteiger partial charge in [-0.15, -0.1) is 0 Å². The van der Waals surface area contributed by atoms with Crippen LogP contribution in [0, 0.1) is 13.8 Å². The van der Waals surface area contributed by atoms with Crippen LogP contribution in [0.4, 0.5) is 0 Å². The fourth-order valence-corrected chi connectivity index (χ4v) is 11.6. The van der Waals surface area contributed by atoms with Gasteiger partial charge in [-0.3, -0.25) is 0 Å². The summed E-state index contributed by atoms with van der Waals surface area (Å²) in [5.41, 5.74) is 4.15. The van der Waals surface area contributed by atoms with Gasteiger partial charge in [0.05, 0.1) is 9.79 Å². The van der Waals surface area contributed by atoms with Crippen LogP contribution in [0.5, 0.6) is 0 Å². The Balaban J connectivity index is 1.98. The van der Waals surface area contributed by atoms with Crippen LogP contribution in [0.25, 0.3) is 0 Å². The first-order valence-corrected chi connectivity index (χ1v) is 12.0. The van der Waals surface area contributed by atoms with E-state index in [-0.39, 0.29) is 0 Å². The zero-order valence-electron chi connectivity index (χ0n) is 10.6. The number of rotatable bonds is 2. The first kappa shape index (κ1) is 14.2. The third-order valence-corrected chi connectivity index (χ3v) is 11.8. The van der Waals surface area contributed by atoms with Gasteiger partial charge in [0.25, 0.3) is 0 Å². The van der Waals surface area contributed by atoms with Gasteiger partial charge in [-0.25, -0.2) is 0 Å². The first-order valence-electron chi connectivity index (χ1n) is 5.85. The van der Waals surface area contributed by atoms with Crippen LogP contribution in [0.2, 0.25) is 0 Å². The molecule has 0 N–H and O–H groups in total. The third-order valence-electron chi connectivity index (χ3n) is 3.15. The summed E-state index contributed by atoms with van der Waals surface area (Å²) < 4.78 is 2.44. The Morgan fingerprint density at radius 1 is 0.842 bits per heavy atom. The number of hydrogen-bond acceptors (Lipinski definition) is 5. The van der Waals surface area contributed by atoms with Crippen LogP contribution in [0.15, 0.2) is 40.1 Å². The molecule has 0 bridgehead atoms. The fourth-order valence-electron chi connectivity index (χ4n) is 2.13. The van der Waals surface area contributed by atoms with Gasteiger partial charge in [-0.05, 0) is 70.5 Å². The molecule has 0 aliphatic carbocycles. The second-order valence-electron chi connectivity index (χ2n) is 4.27. The monoisotopic (exact) mass is 343 g/mol. The van der Waals surface area contributed by atoms with Crippen molar-refractivity contribution in [1.29, 1.82) is 0 Å². The molecule has 0 spiro atoms. The number of nitrogens with zero attached hydrogens (tertiary/aromatic N) is 1. The average Bonchev–Trinajstić information content (AvgIpc) is 2.65. The molecule has 1 aromatic carbocycles. The van der Waals surface area contributed by atoms with Crippen molar-refractivity contribution < 1.29 is 0 Å². The Kier molecular flexibility index (Phi) is 4.74. The molecular weight excluding hydrogens is 330 g/mol. The van der Waals surface area contributed by atoms with Crippen molar-refractivity contribution in [3.8, 4) is 0 Å². The lowest BCUT2D eigenvalue weighted by atomic mass is 10.2. The van der Waals surface area contributed by atoms with E-state index >= 15 is 0 Å². The van der Waals surface area contributed by atoms with Gasteiger partial charge in [0.15, 0.2) is 0 Å². The van der Waals surface area contributed by atoms with Gasteiger partial charge in [-0.1, -0.05) is 30.3 Å². The van der Waals surface area contributed by atoms with Gasteiger partial charge < -0.3 is 4.57 Å². The average molecular weight is 344 g/mol. The van der Waals surface area contributed by atoms with E-state index in [4.69, 9.17) is 0 Å². The molecule has 0 unspecified atom stereocenters. The van der Waals surface area contributed by atoms with Gasteiger partial charge >= 0.3 is 0 Å². The lowest BCUT2D eigenvalue weighted by molar-refractivity contribution is 0.740. The highest BCUT2D eigenvalue weighted by molar-refractivity contribution is 9.36.